The van der Waals surface area contributed by atoms with Crippen molar-refractivity contribution >= 4 is 11.8 Å². The van der Waals surface area contributed by atoms with Gasteiger partial charge in [0.1, 0.15) is 5.75 Å². The third kappa shape index (κ3) is 3.61. The summed E-state index contributed by atoms with van der Waals surface area (Å²) in [5.41, 5.74) is 2.90. The Morgan fingerprint density at radius 1 is 1.35 bits per heavy atom. The number of aromatic nitrogens is 1. The van der Waals surface area contributed by atoms with Gasteiger partial charge in [0.15, 0.2) is 0 Å². The summed E-state index contributed by atoms with van der Waals surface area (Å²) in [6.07, 6.45) is 3.96. The molecule has 1 aromatic heterocycles. The molecule has 0 fully saturated rings. The van der Waals surface area contributed by atoms with Gasteiger partial charge >= 0.3 is 0 Å². The molecule has 17 heavy (non-hydrogen) atoms. The van der Waals surface area contributed by atoms with Crippen LogP contribution in [0.5, 0.6) is 5.75 Å². The van der Waals surface area contributed by atoms with Crippen LogP contribution in [0.4, 0.5) is 0 Å². The van der Waals surface area contributed by atoms with Gasteiger partial charge in [-0.15, -0.1) is 0 Å². The van der Waals surface area contributed by atoms with E-state index >= 15 is 0 Å². The molecule has 96 valence electrons. The summed E-state index contributed by atoms with van der Waals surface area (Å²) in [5.74, 6) is 1.26. The lowest BCUT2D eigenvalue weighted by Gasteiger charge is -2.21. The molecule has 1 aromatic rings. The molecule has 0 aliphatic heterocycles. The van der Waals surface area contributed by atoms with Gasteiger partial charge in [0.2, 0.25) is 0 Å². The van der Waals surface area contributed by atoms with E-state index in [1.54, 1.807) is 11.8 Å². The second kappa shape index (κ2) is 6.87. The van der Waals surface area contributed by atoms with Crippen molar-refractivity contribution in [3.8, 4) is 5.75 Å². The van der Waals surface area contributed by atoms with E-state index in [9.17, 15) is 5.11 Å². The predicted octanol–water partition coefficient (Wildman–Crippen LogP) is 2.80. The molecule has 0 aliphatic carbocycles. The third-order valence-electron chi connectivity index (χ3n) is 3.01. The van der Waals surface area contributed by atoms with Gasteiger partial charge in [-0.3, -0.25) is 9.88 Å². The highest BCUT2D eigenvalue weighted by molar-refractivity contribution is 7.97. The lowest BCUT2D eigenvalue weighted by atomic mass is 10.1. The number of hydrogen-bond donors (Lipinski definition) is 1. The Labute approximate surface area is 108 Å². The van der Waals surface area contributed by atoms with E-state index in [0.29, 0.717) is 5.75 Å². The first-order valence-corrected chi connectivity index (χ1v) is 7.40. The Balaban J connectivity index is 3.04. The summed E-state index contributed by atoms with van der Waals surface area (Å²) in [6.45, 7) is 8.93. The average Bonchev–Trinajstić information content (AvgIpc) is 2.34. The van der Waals surface area contributed by atoms with Crippen LogP contribution in [0.1, 0.15) is 30.7 Å². The van der Waals surface area contributed by atoms with E-state index in [1.807, 2.05) is 13.1 Å². The Hall–Kier alpha value is -0.740. The number of rotatable bonds is 6. The maximum atomic E-state index is 10.1. The van der Waals surface area contributed by atoms with Crippen LogP contribution >= 0.6 is 11.8 Å². The van der Waals surface area contributed by atoms with Gasteiger partial charge in [-0.05, 0) is 31.8 Å². The maximum Gasteiger partial charge on any atom is 0.141 e. The van der Waals surface area contributed by atoms with Crippen LogP contribution in [0.15, 0.2) is 6.20 Å². The monoisotopic (exact) mass is 254 g/mol. The third-order valence-corrected chi connectivity index (χ3v) is 3.61. The zero-order chi connectivity index (χ0) is 12.8. The molecule has 0 saturated heterocycles. The normalized spacial score (nSPS) is 11.1. The standard InChI is InChI=1S/C13H22N2OS/c1-5-15(6-2)8-12-11(9-17-4)7-14-10(3)13(12)16/h7,16H,5-6,8-9H2,1-4H3. The zero-order valence-electron chi connectivity index (χ0n) is 11.2. The lowest BCUT2D eigenvalue weighted by Crippen LogP contribution is -2.23. The largest absolute Gasteiger partial charge is 0.506 e. The first kappa shape index (κ1) is 14.3. The van der Waals surface area contributed by atoms with E-state index in [-0.39, 0.29) is 0 Å². The second-order valence-electron chi connectivity index (χ2n) is 4.09. The summed E-state index contributed by atoms with van der Waals surface area (Å²) in [7, 11) is 0. The first-order chi connectivity index (χ1) is 8.13. The number of pyridine rings is 1. The molecule has 0 atom stereocenters. The number of aryl methyl sites for hydroxylation is 1. The van der Waals surface area contributed by atoms with Crippen LogP contribution in [-0.4, -0.2) is 34.3 Å². The molecule has 1 N–H and O–H groups in total. The molecular weight excluding hydrogens is 232 g/mol. The lowest BCUT2D eigenvalue weighted by molar-refractivity contribution is 0.289. The highest BCUT2D eigenvalue weighted by Gasteiger charge is 2.13. The first-order valence-electron chi connectivity index (χ1n) is 6.01. The zero-order valence-corrected chi connectivity index (χ0v) is 12.0. The fraction of sp³-hybridized carbons (Fsp3) is 0.615. The summed E-state index contributed by atoms with van der Waals surface area (Å²) >= 11 is 1.76. The van der Waals surface area contributed by atoms with Crippen LogP contribution in [0.2, 0.25) is 0 Å². The highest BCUT2D eigenvalue weighted by atomic mass is 32.2. The van der Waals surface area contributed by atoms with Crippen LogP contribution in [0, 0.1) is 6.92 Å². The van der Waals surface area contributed by atoms with Crippen molar-refractivity contribution in [1.82, 2.24) is 9.88 Å². The van der Waals surface area contributed by atoms with Crippen LogP contribution < -0.4 is 0 Å². The molecule has 0 radical (unpaired) electrons. The minimum Gasteiger partial charge on any atom is -0.506 e. The van der Waals surface area contributed by atoms with Gasteiger partial charge in [0.05, 0.1) is 5.69 Å². The molecule has 0 amide bonds. The SMILES string of the molecule is CCN(CC)Cc1c(CSC)cnc(C)c1O. The van der Waals surface area contributed by atoms with Crippen molar-refractivity contribution in [2.45, 2.75) is 33.1 Å². The number of nitrogens with zero attached hydrogens (tertiary/aromatic N) is 2. The summed E-state index contributed by atoms with van der Waals surface area (Å²) in [5, 5.41) is 10.1. The Kier molecular flexibility index (Phi) is 5.78. The van der Waals surface area contributed by atoms with Gasteiger partial charge in [0.25, 0.3) is 0 Å². The Bertz CT molecular complexity index is 365. The minimum absolute atomic E-state index is 0.364. The van der Waals surface area contributed by atoms with Gasteiger partial charge in [-0.1, -0.05) is 13.8 Å². The molecule has 0 unspecified atom stereocenters. The van der Waals surface area contributed by atoms with Crippen LogP contribution in [0.25, 0.3) is 0 Å². The summed E-state index contributed by atoms with van der Waals surface area (Å²) < 4.78 is 0. The van der Waals surface area contributed by atoms with Crippen molar-refractivity contribution in [2.75, 3.05) is 19.3 Å². The van der Waals surface area contributed by atoms with E-state index < -0.39 is 0 Å². The van der Waals surface area contributed by atoms with Crippen molar-refractivity contribution in [3.63, 3.8) is 0 Å². The molecule has 0 aliphatic rings. The Morgan fingerprint density at radius 2 is 2.00 bits per heavy atom. The second-order valence-corrected chi connectivity index (χ2v) is 4.96. The molecule has 0 bridgehead atoms. The molecular formula is C13H22N2OS. The van der Waals surface area contributed by atoms with Gasteiger partial charge in [0, 0.05) is 24.1 Å². The predicted molar refractivity (Wildman–Crippen MR) is 74.5 cm³/mol. The number of thioether (sulfide) groups is 1. The van der Waals surface area contributed by atoms with E-state index in [0.717, 1.165) is 42.2 Å². The van der Waals surface area contributed by atoms with Crippen LogP contribution in [0.3, 0.4) is 0 Å². The number of hydrogen-bond acceptors (Lipinski definition) is 4. The van der Waals surface area contributed by atoms with Crippen LogP contribution in [-0.2, 0) is 12.3 Å². The summed E-state index contributed by atoms with van der Waals surface area (Å²) in [6, 6.07) is 0. The van der Waals surface area contributed by atoms with Gasteiger partial charge in [-0.2, -0.15) is 11.8 Å². The molecule has 0 aromatic carbocycles. The van der Waals surface area contributed by atoms with Crippen molar-refractivity contribution in [2.24, 2.45) is 0 Å². The van der Waals surface area contributed by atoms with E-state index in [2.05, 4.69) is 30.0 Å². The summed E-state index contributed by atoms with van der Waals surface area (Å²) in [4.78, 5) is 6.54. The highest BCUT2D eigenvalue weighted by Crippen LogP contribution is 2.27. The number of aromatic hydroxyl groups is 1. The van der Waals surface area contributed by atoms with Crippen molar-refractivity contribution in [1.29, 1.82) is 0 Å². The van der Waals surface area contributed by atoms with Crippen molar-refractivity contribution < 1.29 is 5.11 Å². The molecule has 4 heteroatoms. The molecule has 0 saturated carbocycles. The molecule has 1 heterocycles. The molecule has 3 nitrogen and oxygen atoms in total. The quantitative estimate of drug-likeness (QED) is 0.847. The smallest absolute Gasteiger partial charge is 0.141 e. The molecule has 1 rings (SSSR count). The van der Waals surface area contributed by atoms with Crippen molar-refractivity contribution in [3.05, 3.63) is 23.0 Å². The fourth-order valence-corrected chi connectivity index (χ4v) is 2.37. The minimum atomic E-state index is 0.364. The van der Waals surface area contributed by atoms with E-state index in [1.165, 1.54) is 0 Å². The Morgan fingerprint density at radius 3 is 2.53 bits per heavy atom. The van der Waals surface area contributed by atoms with E-state index in [4.69, 9.17) is 0 Å². The van der Waals surface area contributed by atoms with Gasteiger partial charge < -0.3 is 5.11 Å². The van der Waals surface area contributed by atoms with Gasteiger partial charge in [-0.25, -0.2) is 0 Å². The topological polar surface area (TPSA) is 36.4 Å². The maximum absolute atomic E-state index is 10.1. The average molecular weight is 254 g/mol. The fourth-order valence-electron chi connectivity index (χ4n) is 1.81. The molecule has 0 spiro atoms.